The summed E-state index contributed by atoms with van der Waals surface area (Å²) in [6.45, 7) is 4.60. The average molecular weight is 464 g/mol. The van der Waals surface area contributed by atoms with E-state index in [1.165, 1.54) is 24.5 Å². The van der Waals surface area contributed by atoms with E-state index < -0.39 is 11.7 Å². The summed E-state index contributed by atoms with van der Waals surface area (Å²) >= 11 is 0. The fourth-order valence-corrected chi connectivity index (χ4v) is 3.99. The number of benzene rings is 2. The number of rotatable bonds is 5. The van der Waals surface area contributed by atoms with Gasteiger partial charge >= 0.3 is 0 Å². The second kappa shape index (κ2) is 9.91. The Morgan fingerprint density at radius 2 is 1.71 bits per heavy atom. The molecule has 34 heavy (non-hydrogen) atoms. The van der Waals surface area contributed by atoms with Gasteiger partial charge in [0.2, 0.25) is 0 Å². The number of carbonyl (C=O) groups is 3. The van der Waals surface area contributed by atoms with Gasteiger partial charge in [-0.1, -0.05) is 18.2 Å². The Morgan fingerprint density at radius 3 is 2.38 bits per heavy atom. The smallest absolute Gasteiger partial charge is 0.287 e. The van der Waals surface area contributed by atoms with Crippen LogP contribution in [0.15, 0.2) is 59.2 Å². The van der Waals surface area contributed by atoms with Crippen LogP contribution in [0.3, 0.4) is 0 Å². The monoisotopic (exact) mass is 463 g/mol. The molecule has 3 aromatic rings. The highest BCUT2D eigenvalue weighted by Crippen LogP contribution is 2.22. The number of anilines is 1. The van der Waals surface area contributed by atoms with E-state index in [2.05, 4.69) is 10.6 Å². The van der Waals surface area contributed by atoms with E-state index in [9.17, 15) is 18.8 Å². The van der Waals surface area contributed by atoms with Crippen LogP contribution in [0.4, 0.5) is 10.1 Å². The summed E-state index contributed by atoms with van der Waals surface area (Å²) in [5, 5.41) is 5.68. The largest absolute Gasteiger partial charge is 0.459 e. The van der Waals surface area contributed by atoms with Gasteiger partial charge in [-0.2, -0.15) is 0 Å². The first kappa shape index (κ1) is 23.2. The first-order valence-electron chi connectivity index (χ1n) is 11.1. The molecule has 0 radical (unpaired) electrons. The lowest BCUT2D eigenvalue weighted by atomic mass is 10.0. The van der Waals surface area contributed by atoms with Crippen LogP contribution < -0.4 is 10.6 Å². The lowest BCUT2D eigenvalue weighted by Crippen LogP contribution is -2.46. The summed E-state index contributed by atoms with van der Waals surface area (Å²) in [5.41, 5.74) is 2.36. The van der Waals surface area contributed by atoms with Gasteiger partial charge in [0.1, 0.15) is 5.82 Å². The molecule has 1 aromatic heterocycles. The molecule has 0 unspecified atom stereocenters. The highest BCUT2D eigenvalue weighted by Gasteiger charge is 2.26. The number of furan rings is 1. The third-order valence-electron chi connectivity index (χ3n) is 6.04. The van der Waals surface area contributed by atoms with Gasteiger partial charge in [-0.05, 0) is 62.6 Å². The van der Waals surface area contributed by atoms with E-state index >= 15 is 0 Å². The predicted molar refractivity (Wildman–Crippen MR) is 125 cm³/mol. The second-order valence-electron chi connectivity index (χ2n) is 8.44. The maximum atomic E-state index is 14.0. The molecule has 2 aromatic carbocycles. The van der Waals surface area contributed by atoms with Crippen molar-refractivity contribution in [3.63, 3.8) is 0 Å². The highest BCUT2D eigenvalue weighted by molar-refractivity contribution is 6.05. The van der Waals surface area contributed by atoms with Gasteiger partial charge in [0, 0.05) is 35.9 Å². The molecule has 1 aliphatic heterocycles. The van der Waals surface area contributed by atoms with E-state index in [1.807, 2.05) is 6.92 Å². The molecular formula is C26H26FN3O4. The SMILES string of the molecule is Cc1ccc(C(=O)N2CCC(NC(=O)c3occc3C)CC2)cc1NC(=O)c1ccccc1F. The first-order chi connectivity index (χ1) is 16.3. The Labute approximate surface area is 196 Å². The number of aryl methyl sites for hydroxylation is 2. The third-order valence-corrected chi connectivity index (χ3v) is 6.04. The number of halogens is 1. The van der Waals surface area contributed by atoms with Crippen LogP contribution in [0.2, 0.25) is 0 Å². The van der Waals surface area contributed by atoms with Crippen LogP contribution in [0.5, 0.6) is 0 Å². The zero-order chi connectivity index (χ0) is 24.2. The van der Waals surface area contributed by atoms with Crippen molar-refractivity contribution in [2.24, 2.45) is 0 Å². The fraction of sp³-hybridized carbons (Fsp3) is 0.269. The van der Waals surface area contributed by atoms with Crippen molar-refractivity contribution in [2.75, 3.05) is 18.4 Å². The molecule has 0 saturated carbocycles. The third kappa shape index (κ3) is 5.01. The van der Waals surface area contributed by atoms with Crippen molar-refractivity contribution >= 4 is 23.4 Å². The Hall–Kier alpha value is -3.94. The van der Waals surface area contributed by atoms with Crippen LogP contribution >= 0.6 is 0 Å². The first-order valence-corrected chi connectivity index (χ1v) is 11.1. The molecule has 7 nitrogen and oxygen atoms in total. The van der Waals surface area contributed by atoms with E-state index in [1.54, 1.807) is 42.2 Å². The summed E-state index contributed by atoms with van der Waals surface area (Å²) in [5.74, 6) is -1.28. The van der Waals surface area contributed by atoms with Crippen molar-refractivity contribution in [3.8, 4) is 0 Å². The molecule has 3 amide bonds. The van der Waals surface area contributed by atoms with Crippen molar-refractivity contribution in [1.82, 2.24) is 10.2 Å². The summed E-state index contributed by atoms with van der Waals surface area (Å²) in [4.78, 5) is 39.7. The maximum Gasteiger partial charge on any atom is 0.287 e. The molecule has 0 bridgehead atoms. The predicted octanol–water partition coefficient (Wildman–Crippen LogP) is 4.32. The van der Waals surface area contributed by atoms with Gasteiger partial charge in [-0.25, -0.2) is 4.39 Å². The number of carbonyl (C=O) groups excluding carboxylic acids is 3. The van der Waals surface area contributed by atoms with Gasteiger partial charge in [0.15, 0.2) is 5.76 Å². The summed E-state index contributed by atoms with van der Waals surface area (Å²) in [6.07, 6.45) is 2.74. The molecule has 2 N–H and O–H groups in total. The highest BCUT2D eigenvalue weighted by atomic mass is 19.1. The van der Waals surface area contributed by atoms with E-state index in [4.69, 9.17) is 4.42 Å². The number of hydrogen-bond acceptors (Lipinski definition) is 4. The number of likely N-dealkylation sites (tertiary alicyclic amines) is 1. The second-order valence-corrected chi connectivity index (χ2v) is 8.44. The van der Waals surface area contributed by atoms with Crippen molar-refractivity contribution in [3.05, 3.63) is 88.6 Å². The Bertz CT molecular complexity index is 1230. The van der Waals surface area contributed by atoms with Crippen LogP contribution in [0, 0.1) is 19.7 Å². The molecule has 8 heteroatoms. The molecule has 1 saturated heterocycles. The molecule has 2 heterocycles. The topological polar surface area (TPSA) is 91.7 Å². The number of nitrogens with zero attached hydrogens (tertiary/aromatic N) is 1. The molecule has 1 fully saturated rings. The molecule has 0 aliphatic carbocycles. The molecule has 4 rings (SSSR count). The standard InChI is InChI=1S/C26H26FN3O4/c1-16-7-8-18(15-22(16)29-24(31)20-5-3-4-6-21(20)27)26(33)30-12-9-19(10-13-30)28-25(32)23-17(2)11-14-34-23/h3-8,11,14-15,19H,9-10,12-13H2,1-2H3,(H,28,32)(H,29,31). The van der Waals surface area contributed by atoms with Crippen LogP contribution in [0.25, 0.3) is 0 Å². The summed E-state index contributed by atoms with van der Waals surface area (Å²) < 4.78 is 19.2. The quantitative estimate of drug-likeness (QED) is 0.590. The zero-order valence-corrected chi connectivity index (χ0v) is 19.1. The average Bonchev–Trinajstić information content (AvgIpc) is 3.27. The van der Waals surface area contributed by atoms with Crippen molar-refractivity contribution in [1.29, 1.82) is 0 Å². The Balaban J connectivity index is 1.38. The van der Waals surface area contributed by atoms with E-state index in [0.29, 0.717) is 42.9 Å². The minimum absolute atomic E-state index is 0.0466. The Kier molecular flexibility index (Phi) is 6.77. The zero-order valence-electron chi connectivity index (χ0n) is 19.1. The van der Waals surface area contributed by atoms with Gasteiger partial charge < -0.3 is 20.0 Å². The van der Waals surface area contributed by atoms with Gasteiger partial charge in [0.25, 0.3) is 17.7 Å². The molecule has 176 valence electrons. The number of hydrogen-bond donors (Lipinski definition) is 2. The molecule has 1 aliphatic rings. The van der Waals surface area contributed by atoms with Crippen LogP contribution in [-0.4, -0.2) is 41.8 Å². The fourth-order valence-electron chi connectivity index (χ4n) is 3.99. The minimum Gasteiger partial charge on any atom is -0.459 e. The van der Waals surface area contributed by atoms with Gasteiger partial charge in [-0.15, -0.1) is 0 Å². The normalized spacial score (nSPS) is 14.0. The van der Waals surface area contributed by atoms with Crippen molar-refractivity contribution < 1.29 is 23.2 Å². The van der Waals surface area contributed by atoms with Crippen LogP contribution in [-0.2, 0) is 0 Å². The maximum absolute atomic E-state index is 14.0. The van der Waals surface area contributed by atoms with E-state index in [0.717, 1.165) is 11.1 Å². The lowest BCUT2D eigenvalue weighted by Gasteiger charge is -2.32. The Morgan fingerprint density at radius 1 is 0.971 bits per heavy atom. The summed E-state index contributed by atoms with van der Waals surface area (Å²) in [7, 11) is 0. The number of amides is 3. The summed E-state index contributed by atoms with van der Waals surface area (Å²) in [6, 6.07) is 12.5. The molecule has 0 spiro atoms. The van der Waals surface area contributed by atoms with E-state index in [-0.39, 0.29) is 23.4 Å². The van der Waals surface area contributed by atoms with Crippen LogP contribution in [0.1, 0.15) is 55.2 Å². The van der Waals surface area contributed by atoms with Crippen molar-refractivity contribution in [2.45, 2.75) is 32.7 Å². The van der Waals surface area contributed by atoms with Gasteiger partial charge in [0.05, 0.1) is 11.8 Å². The molecule has 0 atom stereocenters. The lowest BCUT2D eigenvalue weighted by molar-refractivity contribution is 0.0695. The molecular weight excluding hydrogens is 437 g/mol. The number of piperidine rings is 1. The minimum atomic E-state index is -0.609. The van der Waals surface area contributed by atoms with Gasteiger partial charge in [-0.3, -0.25) is 14.4 Å². The number of nitrogens with one attached hydrogen (secondary N) is 2.